The quantitative estimate of drug-likeness (QED) is 0.0219. The Bertz CT molecular complexity index is 970. The number of amides is 1. The molecule has 9 unspecified atom stereocenters. The van der Waals surface area contributed by atoms with Crippen LogP contribution in [0.1, 0.15) is 219 Å². The summed E-state index contributed by atoms with van der Waals surface area (Å²) >= 11 is 0. The highest BCUT2D eigenvalue weighted by atomic mass is 16.7. The smallest absolute Gasteiger partial charge is 0.249 e. The van der Waals surface area contributed by atoms with Crippen molar-refractivity contribution < 1.29 is 50.0 Å². The van der Waals surface area contributed by atoms with Crippen LogP contribution in [0.15, 0.2) is 12.2 Å². The number of nitrogens with one attached hydrogen (secondary N) is 1. The summed E-state index contributed by atoms with van der Waals surface area (Å²) in [4.78, 5) is 13.1. The highest BCUT2D eigenvalue weighted by molar-refractivity contribution is 5.80. The van der Waals surface area contributed by atoms with Crippen molar-refractivity contribution in [1.82, 2.24) is 5.32 Å². The minimum atomic E-state index is -1.66. The van der Waals surface area contributed by atoms with Gasteiger partial charge in [0.1, 0.15) is 36.6 Å². The minimum Gasteiger partial charge on any atom is -0.394 e. The van der Waals surface area contributed by atoms with Crippen molar-refractivity contribution in [2.45, 2.75) is 274 Å². The van der Waals surface area contributed by atoms with Gasteiger partial charge in [-0.05, 0) is 38.5 Å². The summed E-state index contributed by atoms with van der Waals surface area (Å²) in [6, 6.07) is -1.18. The van der Waals surface area contributed by atoms with E-state index in [0.29, 0.717) is 12.8 Å². The Hall–Kier alpha value is -1.15. The Balaban J connectivity index is 2.42. The van der Waals surface area contributed by atoms with Crippen LogP contribution in [-0.2, 0) is 14.3 Å². The van der Waals surface area contributed by atoms with Crippen molar-refractivity contribution in [3.63, 3.8) is 0 Å². The molecule has 0 bridgehead atoms. The van der Waals surface area contributed by atoms with E-state index in [2.05, 4.69) is 31.3 Å². The topological polar surface area (TPSA) is 189 Å². The van der Waals surface area contributed by atoms with E-state index in [1.807, 2.05) is 0 Å². The zero-order valence-corrected chi connectivity index (χ0v) is 37.7. The lowest BCUT2D eigenvalue weighted by Gasteiger charge is -2.40. The Kier molecular flexibility index (Phi) is 36.5. The SMILES string of the molecule is CCCCCCCCCCCCCCCCC/C=C/CCCC(O)C(O)C(COC1OC(CO)C(O)C(O)C1O)NC(=O)C(O)CCCCCCCCCCCCCC. The maximum absolute atomic E-state index is 13.1. The van der Waals surface area contributed by atoms with Crippen LogP contribution in [0.25, 0.3) is 0 Å². The molecule has 350 valence electrons. The first kappa shape index (κ1) is 55.9. The van der Waals surface area contributed by atoms with Crippen molar-refractivity contribution in [2.75, 3.05) is 13.2 Å². The third kappa shape index (κ3) is 28.2. The molecule has 1 fully saturated rings. The summed E-state index contributed by atoms with van der Waals surface area (Å²) in [6.45, 7) is 3.43. The Morgan fingerprint density at radius 3 is 1.46 bits per heavy atom. The monoisotopic (exact) mass is 844 g/mol. The molecule has 1 heterocycles. The standard InChI is InChI=1S/C48H93NO10/c1-3-5-7-9-11-13-15-17-18-19-20-21-22-23-24-26-27-29-31-33-35-40(51)43(53)39(38-58-48-46(56)45(55)44(54)42(37-50)59-48)49-47(57)41(52)36-34-32-30-28-25-16-14-12-10-8-6-4-2/h27,29,39-46,48,50-56H,3-26,28,30-38H2,1-2H3,(H,49,57)/b29-27+. The fraction of sp³-hybridized carbons (Fsp3) is 0.938. The third-order valence-electron chi connectivity index (χ3n) is 12.1. The van der Waals surface area contributed by atoms with Gasteiger partial charge in [-0.15, -0.1) is 0 Å². The zero-order chi connectivity index (χ0) is 43.4. The summed E-state index contributed by atoms with van der Waals surface area (Å²) < 4.78 is 11.1. The molecule has 0 spiro atoms. The van der Waals surface area contributed by atoms with Crippen LogP contribution in [0, 0.1) is 0 Å². The highest BCUT2D eigenvalue weighted by Gasteiger charge is 2.44. The van der Waals surface area contributed by atoms with Crippen molar-refractivity contribution in [1.29, 1.82) is 0 Å². The molecule has 0 aromatic heterocycles. The number of carbonyl (C=O) groups excluding carboxylic acids is 1. The molecule has 0 aliphatic carbocycles. The molecule has 1 saturated heterocycles. The molecule has 1 rings (SSSR count). The van der Waals surface area contributed by atoms with E-state index in [-0.39, 0.29) is 12.8 Å². The van der Waals surface area contributed by atoms with Crippen LogP contribution in [0.2, 0.25) is 0 Å². The molecule has 11 nitrogen and oxygen atoms in total. The molecule has 0 saturated carbocycles. The lowest BCUT2D eigenvalue weighted by molar-refractivity contribution is -0.303. The van der Waals surface area contributed by atoms with Crippen LogP contribution in [0.5, 0.6) is 0 Å². The van der Waals surface area contributed by atoms with Gasteiger partial charge in [-0.2, -0.15) is 0 Å². The fourth-order valence-corrected chi connectivity index (χ4v) is 7.97. The Morgan fingerprint density at radius 2 is 1.00 bits per heavy atom. The first-order valence-electron chi connectivity index (χ1n) is 24.6. The number of ether oxygens (including phenoxy) is 2. The van der Waals surface area contributed by atoms with Gasteiger partial charge in [-0.3, -0.25) is 4.79 Å². The van der Waals surface area contributed by atoms with Gasteiger partial charge in [0.05, 0.1) is 25.4 Å². The normalized spacial score (nSPS) is 21.8. The van der Waals surface area contributed by atoms with Crippen molar-refractivity contribution in [3.8, 4) is 0 Å². The summed E-state index contributed by atoms with van der Waals surface area (Å²) in [5.74, 6) is -0.705. The van der Waals surface area contributed by atoms with E-state index < -0.39 is 74.2 Å². The van der Waals surface area contributed by atoms with E-state index in [4.69, 9.17) is 9.47 Å². The highest BCUT2D eigenvalue weighted by Crippen LogP contribution is 2.23. The lowest BCUT2D eigenvalue weighted by Crippen LogP contribution is -2.60. The summed E-state index contributed by atoms with van der Waals surface area (Å²) in [5.41, 5.74) is 0. The number of hydrogen-bond acceptors (Lipinski definition) is 10. The predicted molar refractivity (Wildman–Crippen MR) is 238 cm³/mol. The van der Waals surface area contributed by atoms with Gasteiger partial charge in [0.25, 0.3) is 0 Å². The van der Waals surface area contributed by atoms with Crippen LogP contribution < -0.4 is 5.32 Å². The number of hydrogen-bond donors (Lipinski definition) is 8. The molecule has 0 aromatic rings. The molecule has 59 heavy (non-hydrogen) atoms. The van der Waals surface area contributed by atoms with E-state index in [1.165, 1.54) is 141 Å². The Morgan fingerprint density at radius 1 is 0.576 bits per heavy atom. The van der Waals surface area contributed by atoms with Gasteiger partial charge >= 0.3 is 0 Å². The molecule has 1 aliphatic rings. The van der Waals surface area contributed by atoms with Crippen LogP contribution in [-0.4, -0.2) is 110 Å². The molecule has 9 atom stereocenters. The van der Waals surface area contributed by atoms with E-state index in [9.17, 15) is 40.5 Å². The summed E-state index contributed by atoms with van der Waals surface area (Å²) in [5, 5.41) is 75.7. The average molecular weight is 844 g/mol. The number of carbonyl (C=O) groups is 1. The second kappa shape index (κ2) is 38.5. The van der Waals surface area contributed by atoms with Gasteiger partial charge in [0, 0.05) is 0 Å². The van der Waals surface area contributed by atoms with Gasteiger partial charge in [0.2, 0.25) is 5.91 Å². The van der Waals surface area contributed by atoms with Gasteiger partial charge in [0.15, 0.2) is 6.29 Å². The number of allylic oxidation sites excluding steroid dienone is 2. The molecule has 1 aliphatic heterocycles. The average Bonchev–Trinajstić information content (AvgIpc) is 3.23. The van der Waals surface area contributed by atoms with Crippen LogP contribution in [0.4, 0.5) is 0 Å². The largest absolute Gasteiger partial charge is 0.394 e. The predicted octanol–water partition coefficient (Wildman–Crippen LogP) is 8.45. The molecule has 11 heteroatoms. The number of aliphatic hydroxyl groups excluding tert-OH is 7. The van der Waals surface area contributed by atoms with Crippen molar-refractivity contribution >= 4 is 5.91 Å². The van der Waals surface area contributed by atoms with Crippen molar-refractivity contribution in [3.05, 3.63) is 12.2 Å². The fourth-order valence-electron chi connectivity index (χ4n) is 7.97. The van der Waals surface area contributed by atoms with Crippen LogP contribution in [0.3, 0.4) is 0 Å². The summed E-state index contributed by atoms with van der Waals surface area (Å²) in [7, 11) is 0. The molecule has 8 N–H and O–H groups in total. The van der Waals surface area contributed by atoms with Gasteiger partial charge < -0.3 is 50.5 Å². The summed E-state index contributed by atoms with van der Waals surface area (Å²) in [6.07, 6.45) is 29.8. The first-order chi connectivity index (χ1) is 28.7. The second-order valence-corrected chi connectivity index (χ2v) is 17.5. The lowest BCUT2D eigenvalue weighted by atomic mass is 9.98. The first-order valence-corrected chi connectivity index (χ1v) is 24.6. The van der Waals surface area contributed by atoms with Gasteiger partial charge in [-0.1, -0.05) is 193 Å². The molecule has 1 amide bonds. The van der Waals surface area contributed by atoms with E-state index >= 15 is 0 Å². The molecular weight excluding hydrogens is 751 g/mol. The minimum absolute atomic E-state index is 0.258. The van der Waals surface area contributed by atoms with Crippen LogP contribution >= 0.6 is 0 Å². The number of rotatable bonds is 41. The van der Waals surface area contributed by atoms with Gasteiger partial charge in [-0.25, -0.2) is 0 Å². The maximum atomic E-state index is 13.1. The molecule has 0 radical (unpaired) electrons. The molecule has 0 aromatic carbocycles. The van der Waals surface area contributed by atoms with E-state index in [0.717, 1.165) is 38.5 Å². The number of unbranched alkanes of at least 4 members (excludes halogenated alkanes) is 27. The second-order valence-electron chi connectivity index (χ2n) is 17.5. The maximum Gasteiger partial charge on any atom is 0.249 e. The third-order valence-corrected chi connectivity index (χ3v) is 12.1. The van der Waals surface area contributed by atoms with E-state index in [1.54, 1.807) is 0 Å². The zero-order valence-electron chi connectivity index (χ0n) is 37.7. The number of aliphatic hydroxyl groups is 7. The Labute approximate surface area is 360 Å². The molecular formula is C48H93NO10. The van der Waals surface area contributed by atoms with Crippen molar-refractivity contribution in [2.24, 2.45) is 0 Å².